The van der Waals surface area contributed by atoms with Crippen LogP contribution in [0.4, 0.5) is 10.5 Å². The summed E-state index contributed by atoms with van der Waals surface area (Å²) in [5.41, 5.74) is 0.436. The summed E-state index contributed by atoms with van der Waals surface area (Å²) in [7, 11) is -0.0398. The summed E-state index contributed by atoms with van der Waals surface area (Å²) >= 11 is 6.13. The number of hydrogen-bond donors (Lipinski definition) is 1. The Bertz CT molecular complexity index is 695. The highest BCUT2D eigenvalue weighted by atomic mass is 35.5. The van der Waals surface area contributed by atoms with Crippen molar-refractivity contribution in [2.75, 3.05) is 44.2 Å². The highest BCUT2D eigenvalue weighted by molar-refractivity contribution is 7.91. The van der Waals surface area contributed by atoms with Crippen molar-refractivity contribution in [3.05, 3.63) is 23.2 Å². The van der Waals surface area contributed by atoms with E-state index in [0.29, 0.717) is 36.0 Å². The van der Waals surface area contributed by atoms with Crippen LogP contribution in [0.3, 0.4) is 0 Å². The maximum atomic E-state index is 12.6. The van der Waals surface area contributed by atoms with Gasteiger partial charge in [0.15, 0.2) is 9.84 Å². The molecule has 9 heteroatoms. The monoisotopic (exact) mass is 376 g/mol. The van der Waals surface area contributed by atoms with Crippen LogP contribution in [0.25, 0.3) is 0 Å². The molecule has 1 N–H and O–H groups in total. The standard InChI is InChI=1S/C15H21ClN2O5S/c1-22-7-6-18(11-5-8-24(20,21)10-11)15(19)17-14-4-3-12(23-2)9-13(14)16/h3-4,9,11H,5-8,10H2,1-2H3,(H,17,19)/t11-/m1/s1. The molecule has 0 aliphatic carbocycles. The van der Waals surface area contributed by atoms with Gasteiger partial charge in [-0.1, -0.05) is 11.6 Å². The van der Waals surface area contributed by atoms with Crippen molar-refractivity contribution < 1.29 is 22.7 Å². The number of halogens is 1. The number of urea groups is 1. The van der Waals surface area contributed by atoms with Gasteiger partial charge in [0.1, 0.15) is 5.75 Å². The maximum absolute atomic E-state index is 12.6. The van der Waals surface area contributed by atoms with Crippen LogP contribution in [-0.2, 0) is 14.6 Å². The van der Waals surface area contributed by atoms with Gasteiger partial charge in [-0.05, 0) is 18.6 Å². The van der Waals surface area contributed by atoms with Gasteiger partial charge in [-0.2, -0.15) is 0 Å². The number of nitrogens with zero attached hydrogens (tertiary/aromatic N) is 1. The number of carbonyl (C=O) groups excluding carboxylic acids is 1. The van der Waals surface area contributed by atoms with Gasteiger partial charge in [-0.15, -0.1) is 0 Å². The summed E-state index contributed by atoms with van der Waals surface area (Å²) in [6.07, 6.45) is 0.426. The van der Waals surface area contributed by atoms with Crippen LogP contribution in [0.2, 0.25) is 5.02 Å². The molecule has 2 rings (SSSR count). The second-order valence-corrected chi connectivity index (χ2v) is 8.15. The summed E-state index contributed by atoms with van der Waals surface area (Å²) in [6, 6.07) is 4.15. The summed E-state index contributed by atoms with van der Waals surface area (Å²) in [4.78, 5) is 14.1. The van der Waals surface area contributed by atoms with Gasteiger partial charge in [0.2, 0.25) is 0 Å². The fraction of sp³-hybridized carbons (Fsp3) is 0.533. The maximum Gasteiger partial charge on any atom is 0.322 e. The number of nitrogens with one attached hydrogen (secondary N) is 1. The number of hydrogen-bond acceptors (Lipinski definition) is 5. The van der Waals surface area contributed by atoms with Crippen LogP contribution in [0.5, 0.6) is 5.75 Å². The molecule has 0 unspecified atom stereocenters. The Morgan fingerprint density at radius 2 is 2.17 bits per heavy atom. The number of ether oxygens (including phenoxy) is 2. The van der Waals surface area contributed by atoms with Gasteiger partial charge in [-0.3, -0.25) is 0 Å². The quantitative estimate of drug-likeness (QED) is 0.820. The van der Waals surface area contributed by atoms with E-state index in [-0.39, 0.29) is 17.5 Å². The lowest BCUT2D eigenvalue weighted by atomic mass is 10.2. The average molecular weight is 377 g/mol. The van der Waals surface area contributed by atoms with Gasteiger partial charge >= 0.3 is 6.03 Å². The third-order valence-corrected chi connectivity index (χ3v) is 5.93. The van der Waals surface area contributed by atoms with Gasteiger partial charge < -0.3 is 19.7 Å². The van der Waals surface area contributed by atoms with Gasteiger partial charge in [0.05, 0.1) is 35.9 Å². The fourth-order valence-electron chi connectivity index (χ4n) is 2.57. The van der Waals surface area contributed by atoms with E-state index < -0.39 is 15.9 Å². The van der Waals surface area contributed by atoms with E-state index in [2.05, 4.69) is 5.32 Å². The zero-order chi connectivity index (χ0) is 17.7. The average Bonchev–Trinajstić information content (AvgIpc) is 2.89. The van der Waals surface area contributed by atoms with E-state index in [0.717, 1.165) is 0 Å². The number of anilines is 1. The fourth-order valence-corrected chi connectivity index (χ4v) is 4.52. The van der Waals surface area contributed by atoms with Crippen LogP contribution < -0.4 is 10.1 Å². The van der Waals surface area contributed by atoms with E-state index in [1.54, 1.807) is 18.2 Å². The first-order valence-corrected chi connectivity index (χ1v) is 9.66. The van der Waals surface area contributed by atoms with E-state index in [1.807, 2.05) is 0 Å². The smallest absolute Gasteiger partial charge is 0.322 e. The predicted molar refractivity (Wildman–Crippen MR) is 92.7 cm³/mol. The molecule has 1 aromatic carbocycles. The molecular formula is C15H21ClN2O5S. The third kappa shape index (κ3) is 4.75. The Balaban J connectivity index is 2.13. The van der Waals surface area contributed by atoms with E-state index in [1.165, 1.54) is 19.1 Å². The van der Waals surface area contributed by atoms with Crippen molar-refractivity contribution in [3.63, 3.8) is 0 Å². The van der Waals surface area contributed by atoms with Gasteiger partial charge in [-0.25, -0.2) is 13.2 Å². The molecule has 1 atom stereocenters. The largest absolute Gasteiger partial charge is 0.497 e. The van der Waals surface area contributed by atoms with E-state index in [4.69, 9.17) is 21.1 Å². The molecule has 1 fully saturated rings. The van der Waals surface area contributed by atoms with Gasteiger partial charge in [0, 0.05) is 25.8 Å². The highest BCUT2D eigenvalue weighted by Gasteiger charge is 2.34. The topological polar surface area (TPSA) is 84.9 Å². The predicted octanol–water partition coefficient (Wildman–Crippen LogP) is 2.02. The van der Waals surface area contributed by atoms with Crippen molar-refractivity contribution >= 4 is 33.2 Å². The molecule has 0 spiro atoms. The molecule has 0 saturated carbocycles. The molecule has 0 radical (unpaired) electrons. The van der Waals surface area contributed by atoms with Crippen LogP contribution in [0.15, 0.2) is 18.2 Å². The normalized spacial score (nSPS) is 19.0. The number of rotatable bonds is 6. The van der Waals surface area contributed by atoms with Crippen LogP contribution in [-0.4, -0.2) is 64.3 Å². The zero-order valence-electron chi connectivity index (χ0n) is 13.6. The Morgan fingerprint density at radius 3 is 2.71 bits per heavy atom. The molecule has 24 heavy (non-hydrogen) atoms. The van der Waals surface area contributed by atoms with E-state index >= 15 is 0 Å². The Morgan fingerprint density at radius 1 is 1.42 bits per heavy atom. The van der Waals surface area contributed by atoms with Gasteiger partial charge in [0.25, 0.3) is 0 Å². The number of benzene rings is 1. The molecule has 0 bridgehead atoms. The molecule has 7 nitrogen and oxygen atoms in total. The first-order chi connectivity index (χ1) is 11.4. The number of methoxy groups -OCH3 is 2. The molecule has 1 aliphatic heterocycles. The van der Waals surface area contributed by atoms with E-state index in [9.17, 15) is 13.2 Å². The van der Waals surface area contributed by atoms with Crippen molar-refractivity contribution in [1.82, 2.24) is 4.90 Å². The van der Waals surface area contributed by atoms with Crippen molar-refractivity contribution in [1.29, 1.82) is 0 Å². The van der Waals surface area contributed by atoms with Crippen LogP contribution in [0, 0.1) is 0 Å². The minimum absolute atomic E-state index is 0.0273. The summed E-state index contributed by atoms with van der Waals surface area (Å²) in [5, 5.41) is 3.07. The Kier molecular flexibility index (Phi) is 6.31. The molecule has 1 aromatic rings. The lowest BCUT2D eigenvalue weighted by Crippen LogP contribution is -2.45. The number of carbonyl (C=O) groups is 1. The first kappa shape index (κ1) is 18.8. The minimum atomic E-state index is -3.09. The summed E-state index contributed by atoms with van der Waals surface area (Å²) < 4.78 is 33.5. The highest BCUT2D eigenvalue weighted by Crippen LogP contribution is 2.27. The third-order valence-electron chi connectivity index (χ3n) is 3.86. The lowest BCUT2D eigenvalue weighted by molar-refractivity contribution is 0.140. The second-order valence-electron chi connectivity index (χ2n) is 5.52. The first-order valence-electron chi connectivity index (χ1n) is 7.47. The number of sulfone groups is 1. The number of amides is 2. The molecule has 0 aromatic heterocycles. The second kappa shape index (κ2) is 8.04. The molecule has 134 valence electrons. The SMILES string of the molecule is COCCN(C(=O)Nc1ccc(OC)cc1Cl)[C@@H]1CCS(=O)(=O)C1. The molecule has 2 amide bonds. The lowest BCUT2D eigenvalue weighted by Gasteiger charge is -2.28. The molecule has 1 heterocycles. The van der Waals surface area contributed by atoms with Crippen molar-refractivity contribution in [2.45, 2.75) is 12.5 Å². The Hall–Kier alpha value is -1.51. The minimum Gasteiger partial charge on any atom is -0.497 e. The van der Waals surface area contributed by atoms with Crippen molar-refractivity contribution in [2.24, 2.45) is 0 Å². The molecular weight excluding hydrogens is 356 g/mol. The summed E-state index contributed by atoms with van der Waals surface area (Å²) in [6.45, 7) is 0.622. The van der Waals surface area contributed by atoms with Crippen LogP contribution >= 0.6 is 11.6 Å². The van der Waals surface area contributed by atoms with Crippen LogP contribution in [0.1, 0.15) is 6.42 Å². The van der Waals surface area contributed by atoms with Crippen molar-refractivity contribution in [3.8, 4) is 5.75 Å². The Labute approximate surface area is 146 Å². The zero-order valence-corrected chi connectivity index (χ0v) is 15.2. The molecule has 1 saturated heterocycles. The summed E-state index contributed by atoms with van der Waals surface area (Å²) in [5.74, 6) is 0.647. The molecule has 1 aliphatic rings.